The second-order valence-electron chi connectivity index (χ2n) is 7.12. The molecule has 0 saturated heterocycles. The molecule has 3 rings (SSSR count). The fourth-order valence-corrected chi connectivity index (χ4v) is 3.23. The fourth-order valence-electron chi connectivity index (χ4n) is 3.23. The average Bonchev–Trinajstić information content (AvgIpc) is 3.28. The molecule has 27 heavy (non-hydrogen) atoms. The second-order valence-corrected chi connectivity index (χ2v) is 7.12. The minimum atomic E-state index is -0.380. The number of anilines is 1. The number of H-pyrrole nitrogens is 1. The number of oxazole rings is 1. The molecule has 0 spiro atoms. The molecule has 0 bridgehead atoms. The van der Waals surface area contributed by atoms with E-state index in [0.29, 0.717) is 11.7 Å². The van der Waals surface area contributed by atoms with E-state index < -0.39 is 0 Å². The number of nitrogens with one attached hydrogen (secondary N) is 3. The van der Waals surface area contributed by atoms with Crippen LogP contribution in [-0.4, -0.2) is 39.3 Å². The minimum Gasteiger partial charge on any atom is -0.448 e. The van der Waals surface area contributed by atoms with Crippen LogP contribution in [0.2, 0.25) is 0 Å². The lowest BCUT2D eigenvalue weighted by molar-refractivity contribution is -0.115. The third-order valence-electron chi connectivity index (χ3n) is 4.38. The molecule has 0 unspecified atom stereocenters. The molecule has 2 heterocycles. The lowest BCUT2D eigenvalue weighted by Gasteiger charge is -2.14. The number of hydrogen-bond acceptors (Lipinski definition) is 6. The predicted octanol–water partition coefficient (Wildman–Crippen LogP) is 2.66. The van der Waals surface area contributed by atoms with E-state index in [9.17, 15) is 9.59 Å². The van der Waals surface area contributed by atoms with Crippen LogP contribution in [0, 0.1) is 6.92 Å². The Balaban J connectivity index is 1.49. The highest BCUT2D eigenvalue weighted by Gasteiger charge is 2.29. The standard InChI is InChI=1S/C18H25N5O4/c1-10(2)27-18(25)20-13-5-4-12(6-13)14-7-15(23-22-14)21-16(24)8-17-19-11(3)9-26-17/h7,9-10,12-13H,4-6,8H2,1-3H3,(H,20,25)(H2,21,22,23,24)/t12-,13+/m0/s1. The molecule has 2 atom stereocenters. The number of aromatic amines is 1. The van der Waals surface area contributed by atoms with E-state index in [1.54, 1.807) is 6.92 Å². The van der Waals surface area contributed by atoms with Crippen molar-refractivity contribution in [1.82, 2.24) is 20.5 Å². The fraction of sp³-hybridized carbons (Fsp3) is 0.556. The van der Waals surface area contributed by atoms with Gasteiger partial charge in [-0.15, -0.1) is 0 Å². The molecular weight excluding hydrogens is 350 g/mol. The quantitative estimate of drug-likeness (QED) is 0.713. The van der Waals surface area contributed by atoms with Gasteiger partial charge in [0.2, 0.25) is 11.8 Å². The SMILES string of the molecule is Cc1coc(CC(=O)Nc2cc([C@H]3CC[C@@H](NC(=O)OC(C)C)C3)[nH]n2)n1. The van der Waals surface area contributed by atoms with E-state index >= 15 is 0 Å². The topological polar surface area (TPSA) is 122 Å². The largest absolute Gasteiger partial charge is 0.448 e. The van der Waals surface area contributed by atoms with Crippen LogP contribution in [0.15, 0.2) is 16.7 Å². The molecule has 0 radical (unpaired) electrons. The Morgan fingerprint density at radius 2 is 2.22 bits per heavy atom. The molecule has 0 aliphatic heterocycles. The zero-order valence-electron chi connectivity index (χ0n) is 15.7. The zero-order chi connectivity index (χ0) is 19.4. The molecule has 9 nitrogen and oxygen atoms in total. The van der Waals surface area contributed by atoms with Crippen LogP contribution < -0.4 is 10.6 Å². The summed E-state index contributed by atoms with van der Waals surface area (Å²) in [4.78, 5) is 27.9. The number of aryl methyl sites for hydroxylation is 1. The Bertz CT molecular complexity index is 797. The van der Waals surface area contributed by atoms with Gasteiger partial charge in [-0.3, -0.25) is 9.89 Å². The maximum atomic E-state index is 12.1. The van der Waals surface area contributed by atoms with E-state index in [0.717, 1.165) is 30.7 Å². The summed E-state index contributed by atoms with van der Waals surface area (Å²) in [5.41, 5.74) is 1.68. The van der Waals surface area contributed by atoms with Crippen molar-refractivity contribution in [2.45, 2.75) is 64.5 Å². The van der Waals surface area contributed by atoms with Crippen molar-refractivity contribution in [2.24, 2.45) is 0 Å². The number of nitrogens with zero attached hydrogens (tertiary/aromatic N) is 2. The van der Waals surface area contributed by atoms with Crippen molar-refractivity contribution in [1.29, 1.82) is 0 Å². The number of carbonyl (C=O) groups excluding carboxylic acids is 2. The first-order chi connectivity index (χ1) is 12.9. The molecule has 2 aromatic heterocycles. The van der Waals surface area contributed by atoms with Crippen LogP contribution in [0.5, 0.6) is 0 Å². The predicted molar refractivity (Wildman–Crippen MR) is 97.3 cm³/mol. The van der Waals surface area contributed by atoms with Crippen molar-refractivity contribution in [3.8, 4) is 0 Å². The molecule has 3 N–H and O–H groups in total. The molecule has 2 aromatic rings. The molecule has 1 saturated carbocycles. The van der Waals surface area contributed by atoms with Crippen LogP contribution in [0.1, 0.15) is 56.3 Å². The summed E-state index contributed by atoms with van der Waals surface area (Å²) in [5, 5.41) is 12.8. The third-order valence-corrected chi connectivity index (χ3v) is 4.38. The van der Waals surface area contributed by atoms with Gasteiger partial charge in [0.15, 0.2) is 5.82 Å². The van der Waals surface area contributed by atoms with Crippen molar-refractivity contribution in [3.05, 3.63) is 29.6 Å². The number of carbonyl (C=O) groups is 2. The summed E-state index contributed by atoms with van der Waals surface area (Å²) in [5.74, 6) is 0.854. The lowest BCUT2D eigenvalue weighted by atomic mass is 10.0. The van der Waals surface area contributed by atoms with E-state index in [-0.39, 0.29) is 36.5 Å². The first kappa shape index (κ1) is 18.9. The van der Waals surface area contributed by atoms with Gasteiger partial charge in [-0.05, 0) is 40.0 Å². The molecule has 146 valence electrons. The molecule has 1 aliphatic carbocycles. The van der Waals surface area contributed by atoms with Gasteiger partial charge in [-0.1, -0.05) is 0 Å². The van der Waals surface area contributed by atoms with Crippen LogP contribution in [0.25, 0.3) is 0 Å². The van der Waals surface area contributed by atoms with Crippen molar-refractivity contribution < 1.29 is 18.7 Å². The van der Waals surface area contributed by atoms with Gasteiger partial charge in [-0.2, -0.15) is 5.10 Å². The average molecular weight is 375 g/mol. The summed E-state index contributed by atoms with van der Waals surface area (Å²) in [6.07, 6.45) is 3.66. The van der Waals surface area contributed by atoms with E-state index in [1.165, 1.54) is 6.26 Å². The first-order valence-corrected chi connectivity index (χ1v) is 9.12. The summed E-state index contributed by atoms with van der Waals surface area (Å²) < 4.78 is 10.3. The summed E-state index contributed by atoms with van der Waals surface area (Å²) in [6.45, 7) is 5.44. The molecule has 1 aliphatic rings. The number of hydrogen-bond donors (Lipinski definition) is 3. The molecule has 2 amide bonds. The van der Waals surface area contributed by atoms with Gasteiger partial charge in [0.25, 0.3) is 0 Å². The van der Waals surface area contributed by atoms with Crippen LogP contribution in [0.3, 0.4) is 0 Å². The van der Waals surface area contributed by atoms with E-state index in [4.69, 9.17) is 9.15 Å². The highest BCUT2D eigenvalue weighted by atomic mass is 16.6. The van der Waals surface area contributed by atoms with Gasteiger partial charge in [0, 0.05) is 23.7 Å². The summed E-state index contributed by atoms with van der Waals surface area (Å²) in [6, 6.07) is 1.91. The Morgan fingerprint density at radius 1 is 1.41 bits per heavy atom. The van der Waals surface area contributed by atoms with E-state index in [1.807, 2.05) is 19.9 Å². The lowest BCUT2D eigenvalue weighted by Crippen LogP contribution is -2.34. The number of alkyl carbamates (subject to hydrolysis) is 1. The summed E-state index contributed by atoms with van der Waals surface area (Å²) >= 11 is 0. The Hall–Kier alpha value is -2.84. The van der Waals surface area contributed by atoms with Gasteiger partial charge >= 0.3 is 6.09 Å². The Kier molecular flexibility index (Phi) is 5.78. The zero-order valence-corrected chi connectivity index (χ0v) is 15.7. The number of aromatic nitrogens is 3. The van der Waals surface area contributed by atoms with Crippen molar-refractivity contribution in [3.63, 3.8) is 0 Å². The smallest absolute Gasteiger partial charge is 0.407 e. The molecular formula is C18H25N5O4. The first-order valence-electron chi connectivity index (χ1n) is 9.12. The van der Waals surface area contributed by atoms with Crippen molar-refractivity contribution in [2.75, 3.05) is 5.32 Å². The number of rotatable bonds is 6. The highest BCUT2D eigenvalue weighted by molar-refractivity contribution is 5.90. The van der Waals surface area contributed by atoms with Crippen LogP contribution in [-0.2, 0) is 16.0 Å². The normalized spacial score (nSPS) is 19.3. The third kappa shape index (κ3) is 5.32. The number of ether oxygens (including phenoxy) is 1. The monoisotopic (exact) mass is 375 g/mol. The van der Waals surface area contributed by atoms with Gasteiger partial charge in [0.1, 0.15) is 12.7 Å². The maximum absolute atomic E-state index is 12.1. The summed E-state index contributed by atoms with van der Waals surface area (Å²) in [7, 11) is 0. The maximum Gasteiger partial charge on any atom is 0.407 e. The Labute approximate surface area is 157 Å². The molecule has 0 aromatic carbocycles. The van der Waals surface area contributed by atoms with Gasteiger partial charge in [0.05, 0.1) is 11.8 Å². The van der Waals surface area contributed by atoms with Crippen LogP contribution >= 0.6 is 0 Å². The van der Waals surface area contributed by atoms with E-state index in [2.05, 4.69) is 25.8 Å². The Morgan fingerprint density at radius 3 is 2.93 bits per heavy atom. The molecule has 1 fully saturated rings. The van der Waals surface area contributed by atoms with Crippen LogP contribution in [0.4, 0.5) is 10.6 Å². The van der Waals surface area contributed by atoms with Gasteiger partial charge < -0.3 is 19.8 Å². The van der Waals surface area contributed by atoms with Gasteiger partial charge in [-0.25, -0.2) is 9.78 Å². The highest BCUT2D eigenvalue weighted by Crippen LogP contribution is 2.34. The minimum absolute atomic E-state index is 0.0589. The van der Waals surface area contributed by atoms with Crippen molar-refractivity contribution >= 4 is 17.8 Å². The molecule has 9 heteroatoms. The second kappa shape index (κ2) is 8.24. The number of amides is 2.